The van der Waals surface area contributed by atoms with Crippen LogP contribution in [0.3, 0.4) is 0 Å². The molecule has 3 aromatic carbocycles. The minimum atomic E-state index is -4.76. The van der Waals surface area contributed by atoms with E-state index in [0.717, 1.165) is 34.1 Å². The highest BCUT2D eigenvalue weighted by Gasteiger charge is 2.32. The summed E-state index contributed by atoms with van der Waals surface area (Å²) in [7, 11) is -2.62. The number of halogens is 3. The van der Waals surface area contributed by atoms with Crippen molar-refractivity contribution in [1.82, 2.24) is 10.3 Å². The molecule has 0 fully saturated rings. The van der Waals surface area contributed by atoms with Crippen LogP contribution in [0.4, 0.5) is 24.0 Å². The average molecular weight is 605 g/mol. The average Bonchev–Trinajstić information content (AvgIpc) is 3.39. The molecular weight excluding hydrogens is 577 g/mol. The lowest BCUT2D eigenvalue weighted by molar-refractivity contribution is -0.137. The first-order valence-corrected chi connectivity index (χ1v) is 14.7. The largest absolute Gasteiger partial charge is 0.416 e. The number of sulfonamides is 1. The molecule has 0 bridgehead atoms. The van der Waals surface area contributed by atoms with Gasteiger partial charge in [0.25, 0.3) is 15.9 Å². The summed E-state index contributed by atoms with van der Waals surface area (Å²) in [5, 5.41) is 16.9. The third-order valence-corrected chi connectivity index (χ3v) is 8.32. The number of carbonyl (C=O) groups is 1. The number of rotatable bonds is 10. The molecule has 1 aromatic heterocycles. The Morgan fingerprint density at radius 1 is 1.05 bits per heavy atom. The van der Waals surface area contributed by atoms with Crippen LogP contribution in [-0.4, -0.2) is 37.7 Å². The van der Waals surface area contributed by atoms with Gasteiger partial charge in [-0.05, 0) is 62.7 Å². The van der Waals surface area contributed by atoms with Gasteiger partial charge in [0.2, 0.25) is 0 Å². The molecule has 1 atom stereocenters. The van der Waals surface area contributed by atoms with Gasteiger partial charge in [-0.25, -0.2) is 13.4 Å². The second kappa shape index (κ2) is 12.4. The van der Waals surface area contributed by atoms with Crippen LogP contribution in [-0.2, 0) is 22.6 Å². The first-order chi connectivity index (χ1) is 19.4. The summed E-state index contributed by atoms with van der Waals surface area (Å²) >= 11 is 1.11. The van der Waals surface area contributed by atoms with Crippen molar-refractivity contribution >= 4 is 38.1 Å². The monoisotopic (exact) mass is 604 g/mol. The van der Waals surface area contributed by atoms with Gasteiger partial charge in [-0.2, -0.15) is 13.2 Å². The van der Waals surface area contributed by atoms with Crippen molar-refractivity contribution < 1.29 is 31.5 Å². The van der Waals surface area contributed by atoms with E-state index < -0.39 is 39.6 Å². The molecule has 1 heterocycles. The third-order valence-electron chi connectivity index (χ3n) is 6.18. The highest BCUT2D eigenvalue weighted by atomic mass is 32.2. The molecule has 0 aliphatic carbocycles. The second-order valence-corrected chi connectivity index (χ2v) is 11.7. The van der Waals surface area contributed by atoms with Crippen molar-refractivity contribution in [2.75, 3.05) is 17.1 Å². The van der Waals surface area contributed by atoms with Crippen molar-refractivity contribution in [3.05, 3.63) is 94.4 Å². The molecule has 4 rings (SSSR count). The Morgan fingerprint density at radius 2 is 1.73 bits per heavy atom. The lowest BCUT2D eigenvalue weighted by atomic mass is 10.1. The number of hydrogen-bond acceptors (Lipinski definition) is 7. The van der Waals surface area contributed by atoms with Crippen LogP contribution >= 0.6 is 11.3 Å². The predicted molar refractivity (Wildman–Crippen MR) is 152 cm³/mol. The van der Waals surface area contributed by atoms with E-state index in [0.29, 0.717) is 30.7 Å². The summed E-state index contributed by atoms with van der Waals surface area (Å²) in [4.78, 5) is 17.4. The normalized spacial score (nSPS) is 12.6. The molecule has 1 amide bonds. The first kappa shape index (κ1) is 30.2. The van der Waals surface area contributed by atoms with E-state index in [1.165, 1.54) is 12.1 Å². The Hall–Kier alpha value is -3.78. The van der Waals surface area contributed by atoms with Crippen LogP contribution in [0.25, 0.3) is 11.3 Å². The van der Waals surface area contributed by atoms with E-state index in [1.54, 1.807) is 31.5 Å². The van der Waals surface area contributed by atoms with E-state index in [9.17, 15) is 31.5 Å². The Labute approximate surface area is 239 Å². The number of aliphatic hydroxyl groups is 1. The van der Waals surface area contributed by atoms with E-state index in [-0.39, 0.29) is 15.6 Å². The molecule has 4 N–H and O–H groups in total. The van der Waals surface area contributed by atoms with E-state index >= 15 is 0 Å². The van der Waals surface area contributed by atoms with Crippen molar-refractivity contribution in [3.63, 3.8) is 0 Å². The molecule has 1 unspecified atom stereocenters. The van der Waals surface area contributed by atoms with Crippen LogP contribution in [0, 0.1) is 6.92 Å². The van der Waals surface area contributed by atoms with E-state index in [1.807, 2.05) is 24.3 Å². The highest BCUT2D eigenvalue weighted by molar-refractivity contribution is 7.92. The van der Waals surface area contributed by atoms with Crippen LogP contribution < -0.4 is 15.4 Å². The van der Waals surface area contributed by atoms with Crippen molar-refractivity contribution in [1.29, 1.82) is 0 Å². The minimum absolute atomic E-state index is 0.166. The number of carbonyl (C=O) groups excluding carboxylic acids is 1. The van der Waals surface area contributed by atoms with Crippen molar-refractivity contribution in [3.8, 4) is 11.3 Å². The zero-order chi connectivity index (χ0) is 29.8. The summed E-state index contributed by atoms with van der Waals surface area (Å²) in [6, 6.07) is 15.5. The summed E-state index contributed by atoms with van der Waals surface area (Å²) in [6.45, 7) is 1.76. The fourth-order valence-electron chi connectivity index (χ4n) is 3.84. The first-order valence-electron chi connectivity index (χ1n) is 12.4. The predicted octanol–water partition coefficient (Wildman–Crippen LogP) is 5.66. The maximum atomic E-state index is 13.4. The summed E-state index contributed by atoms with van der Waals surface area (Å²) < 4.78 is 68.3. The molecule has 4 aromatic rings. The number of anilines is 2. The number of hydrogen-bond donors (Lipinski definition) is 4. The number of thiazole rings is 1. The van der Waals surface area contributed by atoms with Gasteiger partial charge in [0.05, 0.1) is 27.4 Å². The minimum Gasteiger partial charge on any atom is -0.379 e. The zero-order valence-corrected chi connectivity index (χ0v) is 23.6. The quantitative estimate of drug-likeness (QED) is 0.174. The molecule has 41 heavy (non-hydrogen) atoms. The lowest BCUT2D eigenvalue weighted by Gasteiger charge is -2.15. The zero-order valence-electron chi connectivity index (χ0n) is 22.0. The van der Waals surface area contributed by atoms with Gasteiger partial charge in [-0.1, -0.05) is 42.0 Å². The molecule has 0 aliphatic rings. The Bertz CT molecular complexity index is 1620. The van der Waals surface area contributed by atoms with E-state index in [2.05, 4.69) is 20.3 Å². The van der Waals surface area contributed by atoms with Gasteiger partial charge in [0.15, 0.2) is 5.13 Å². The van der Waals surface area contributed by atoms with Gasteiger partial charge in [0.1, 0.15) is 6.23 Å². The molecule has 0 aliphatic heterocycles. The maximum Gasteiger partial charge on any atom is 0.416 e. The standard InChI is InChI=1S/C28H27F3N4O4S2/c1-17-3-11-21(12-4-17)41(38,39)35-23-15-20(28(29,30)31)10-13-22(23)26(37)34-27-33-24(16-40-27)19-8-5-18(6-9-19)7-14-25(36)32-2/h3-6,8-13,15-16,25,32,35-36H,7,14H2,1-2H3,(H,33,34,37). The van der Waals surface area contributed by atoms with Gasteiger partial charge in [0, 0.05) is 10.9 Å². The fourth-order valence-corrected chi connectivity index (χ4v) is 5.63. The van der Waals surface area contributed by atoms with Crippen LogP contribution in [0.2, 0.25) is 0 Å². The molecule has 216 valence electrons. The van der Waals surface area contributed by atoms with Crippen LogP contribution in [0.5, 0.6) is 0 Å². The van der Waals surface area contributed by atoms with E-state index in [4.69, 9.17) is 0 Å². The number of aromatic nitrogens is 1. The number of amides is 1. The lowest BCUT2D eigenvalue weighted by Crippen LogP contribution is -2.24. The topological polar surface area (TPSA) is 120 Å². The molecule has 0 radical (unpaired) electrons. The van der Waals surface area contributed by atoms with Gasteiger partial charge in [-0.3, -0.25) is 20.2 Å². The van der Waals surface area contributed by atoms with Gasteiger partial charge >= 0.3 is 6.18 Å². The molecule has 13 heteroatoms. The number of nitrogens with one attached hydrogen (secondary N) is 3. The van der Waals surface area contributed by atoms with Gasteiger partial charge in [-0.15, -0.1) is 11.3 Å². The molecule has 0 spiro atoms. The highest BCUT2D eigenvalue weighted by Crippen LogP contribution is 2.34. The number of aryl methyl sites for hydroxylation is 2. The molecule has 8 nitrogen and oxygen atoms in total. The number of benzene rings is 3. The summed E-state index contributed by atoms with van der Waals surface area (Å²) in [6.07, 6.45) is -4.13. The Kier molecular flexibility index (Phi) is 9.12. The smallest absolute Gasteiger partial charge is 0.379 e. The SMILES string of the molecule is CNC(O)CCc1ccc(-c2csc(NC(=O)c3ccc(C(F)(F)F)cc3NS(=O)(=O)c3ccc(C)cc3)n2)cc1. The summed E-state index contributed by atoms with van der Waals surface area (Å²) in [5.41, 5.74) is 1.23. The van der Waals surface area contributed by atoms with Crippen LogP contribution in [0.15, 0.2) is 77.0 Å². The van der Waals surface area contributed by atoms with Crippen molar-refractivity contribution in [2.45, 2.75) is 37.1 Å². The number of nitrogens with zero attached hydrogens (tertiary/aromatic N) is 1. The maximum absolute atomic E-state index is 13.4. The number of alkyl halides is 3. The fraction of sp³-hybridized carbons (Fsp3) is 0.214. The molecule has 0 saturated heterocycles. The third kappa shape index (κ3) is 7.70. The van der Waals surface area contributed by atoms with Crippen molar-refractivity contribution in [2.24, 2.45) is 0 Å². The second-order valence-electron chi connectivity index (χ2n) is 9.21. The Balaban J connectivity index is 1.55. The number of aliphatic hydroxyl groups excluding tert-OH is 1. The molecule has 0 saturated carbocycles. The van der Waals surface area contributed by atoms with Crippen LogP contribution in [0.1, 0.15) is 33.5 Å². The molecular formula is C28H27F3N4O4S2. The van der Waals surface area contributed by atoms with Gasteiger partial charge < -0.3 is 5.11 Å². The summed E-state index contributed by atoms with van der Waals surface area (Å²) in [5.74, 6) is -0.834. The Morgan fingerprint density at radius 3 is 2.37 bits per heavy atom.